The van der Waals surface area contributed by atoms with Crippen molar-refractivity contribution in [1.29, 1.82) is 0 Å². The van der Waals surface area contributed by atoms with Crippen LogP contribution in [0.2, 0.25) is 0 Å². The maximum atomic E-state index is 11.9. The van der Waals surface area contributed by atoms with E-state index in [4.69, 9.17) is 85.5 Å². The SMILES string of the molecule is CCCN(C)CCNc1c(C(C)(C)C)c(=O)c1=S.CCCN(CC)CCNc1c(C(C)(C)C)c(=O)c1=S.CCCN(CC)CCNc1c(C(C)(C)C)c(=O)c1=S.CCCN(CCC)CCNc1c(C(C)(C)C)c(=O)c1=S.CCCN(CCC)CCNc1c(C(C)(C)C)c(=O)c1=S.CCN(C)CCNc1c(C(C)(C)C)c(=O)c1=S.CCN(CC)CCNc1c(C(C)(C)C)c(=O)c1=S. The van der Waals surface area contributed by atoms with Crippen LogP contribution in [0.15, 0.2) is 33.6 Å². The Labute approximate surface area is 828 Å². The van der Waals surface area contributed by atoms with E-state index in [9.17, 15) is 33.6 Å². The van der Waals surface area contributed by atoms with Gasteiger partial charge >= 0.3 is 0 Å². The van der Waals surface area contributed by atoms with Gasteiger partial charge in [-0.25, -0.2) is 0 Å². The molecule has 0 fully saturated rings. The molecule has 7 N–H and O–H groups in total. The zero-order valence-corrected chi connectivity index (χ0v) is 93.9. The van der Waals surface area contributed by atoms with Crippen LogP contribution in [0.1, 0.15) is 312 Å². The van der Waals surface area contributed by atoms with Gasteiger partial charge in [0.2, 0.25) is 38.0 Å². The largest absolute Gasteiger partial charge is 0.382 e. The molecule has 744 valence electrons. The smallest absolute Gasteiger partial charge is 0.204 e. The van der Waals surface area contributed by atoms with Crippen molar-refractivity contribution in [1.82, 2.24) is 34.3 Å². The van der Waals surface area contributed by atoms with Crippen molar-refractivity contribution in [2.75, 3.05) is 221 Å². The van der Waals surface area contributed by atoms with Gasteiger partial charge in [-0.05, 0) is 175 Å². The fourth-order valence-corrected chi connectivity index (χ4v) is 17.9. The molecule has 0 bridgehead atoms. The van der Waals surface area contributed by atoms with Crippen molar-refractivity contribution in [3.63, 3.8) is 0 Å². The zero-order chi connectivity index (χ0) is 101. The summed E-state index contributed by atoms with van der Waals surface area (Å²) in [6.45, 7) is 95.1. The van der Waals surface area contributed by atoms with Crippen molar-refractivity contribution < 1.29 is 0 Å². The molecule has 28 heteroatoms. The highest BCUT2D eigenvalue weighted by Crippen LogP contribution is 2.36. The van der Waals surface area contributed by atoms with Crippen LogP contribution in [-0.2, 0) is 37.9 Å². The summed E-state index contributed by atoms with van der Waals surface area (Å²) in [4.78, 5) is 99.2. The van der Waals surface area contributed by atoms with Crippen LogP contribution in [0.5, 0.6) is 0 Å². The van der Waals surface area contributed by atoms with E-state index in [2.05, 4.69) is 252 Å². The lowest BCUT2D eigenvalue weighted by Crippen LogP contribution is -2.34. The van der Waals surface area contributed by atoms with Gasteiger partial charge < -0.3 is 71.5 Å². The average molecular weight is 1950 g/mol. The van der Waals surface area contributed by atoms with Gasteiger partial charge in [0.1, 0.15) is 31.6 Å². The van der Waals surface area contributed by atoms with Gasteiger partial charge in [0.15, 0.2) is 0 Å². The molecule has 0 amide bonds. The van der Waals surface area contributed by atoms with Crippen LogP contribution in [0.3, 0.4) is 0 Å². The van der Waals surface area contributed by atoms with Crippen molar-refractivity contribution >= 4 is 125 Å². The van der Waals surface area contributed by atoms with E-state index in [0.717, 1.165) is 255 Å². The molecule has 131 heavy (non-hydrogen) atoms. The van der Waals surface area contributed by atoms with Crippen LogP contribution < -0.4 is 75.2 Å². The third kappa shape index (κ3) is 38.3. The highest BCUT2D eigenvalue weighted by atomic mass is 32.1. The van der Waals surface area contributed by atoms with Gasteiger partial charge in [0.25, 0.3) is 0 Å². The molecule has 7 rings (SSSR count). The predicted molar refractivity (Wildman–Crippen MR) is 589 cm³/mol. The van der Waals surface area contributed by atoms with E-state index in [0.29, 0.717) is 31.6 Å². The summed E-state index contributed by atoms with van der Waals surface area (Å²) in [6.07, 6.45) is 8.18. The summed E-state index contributed by atoms with van der Waals surface area (Å²) in [5.41, 5.74) is 11.7. The molecule has 0 heterocycles. The summed E-state index contributed by atoms with van der Waals surface area (Å²) in [5, 5.41) is 23.4. The maximum absolute atomic E-state index is 11.9. The molecule has 21 nitrogen and oxygen atoms in total. The second-order valence-electron chi connectivity index (χ2n) is 41.9. The number of likely N-dealkylation sites (N-methyl/N-ethyl adjacent to an activating group) is 5. The molecule has 0 spiro atoms. The third-order valence-corrected chi connectivity index (χ3v) is 25.8. The molecule has 7 aromatic carbocycles. The Kier molecular flexibility index (Phi) is 54.7. The van der Waals surface area contributed by atoms with Gasteiger partial charge in [0, 0.05) is 131 Å². The summed E-state index contributed by atoms with van der Waals surface area (Å²) in [6, 6.07) is 0. The molecule has 0 aliphatic rings. The van der Waals surface area contributed by atoms with E-state index in [-0.39, 0.29) is 75.9 Å². The Balaban J connectivity index is 0.000000765. The Morgan fingerprint density at radius 1 is 0.191 bits per heavy atom. The fraction of sp³-hybridized carbons (Fsp3) is 0.728. The molecule has 0 aromatic heterocycles. The molecule has 0 unspecified atom stereocenters. The van der Waals surface area contributed by atoms with Crippen molar-refractivity contribution in [3.8, 4) is 0 Å². The van der Waals surface area contributed by atoms with Crippen LogP contribution in [-0.4, -0.2) is 219 Å². The standard InChI is InChI=1S/2C16H28N2OS.2C15H26N2OS.2C14H24N2OS.C13H22N2OS/c2*1-6-9-18(10-7-2)11-8-17-13-12(16(3,4)5)14(19)15(13)20;2*1-6-9-17(7-2)10-8-16-12-11(15(3,4)5)13(18)14(12)19;1-6-8-16(5)9-7-15-11-10(14(2,3)4)12(17)13(11)18;1-6-16(7-2)9-8-15-11-10(14(3,4)5)12(17)13(11)18;1-6-15(5)8-7-14-10-9(13(2,3)4)11(16)12(10)17/h2*17H,6-11H2,1-5H3;2*16H,6-10H2,1-5H3;2*15H,6-9H2,1-5H3;14H,6-8H2,1-5H3. The highest BCUT2D eigenvalue weighted by molar-refractivity contribution is 7.72. The van der Waals surface area contributed by atoms with Crippen LogP contribution in [0.25, 0.3) is 0 Å². The number of hydrogen-bond donors (Lipinski definition) is 7. The minimum absolute atomic E-state index is 0.0406. The average Bonchev–Trinajstić information content (AvgIpc) is 0.796. The van der Waals surface area contributed by atoms with E-state index < -0.39 is 0 Å². The first-order chi connectivity index (χ1) is 60.7. The zero-order valence-electron chi connectivity index (χ0n) is 88.2. The Bertz CT molecular complexity index is 4910. The number of anilines is 7. The fourth-order valence-electron chi connectivity index (χ4n) is 16.0. The van der Waals surface area contributed by atoms with Gasteiger partial charge in [-0.3, -0.25) is 33.6 Å². The number of nitrogens with zero attached hydrogens (tertiary/aromatic N) is 7. The maximum Gasteiger partial charge on any atom is 0.204 e. The number of nitrogens with one attached hydrogen (secondary N) is 7. The number of rotatable bonds is 47. The van der Waals surface area contributed by atoms with Crippen molar-refractivity contribution in [3.05, 3.63) is 142 Å². The van der Waals surface area contributed by atoms with Crippen LogP contribution >= 0.6 is 85.5 Å². The van der Waals surface area contributed by atoms with E-state index >= 15 is 0 Å². The van der Waals surface area contributed by atoms with Crippen LogP contribution in [0, 0.1) is 31.6 Å². The predicted octanol–water partition coefficient (Wildman–Crippen LogP) is 20.9. The first-order valence-electron chi connectivity index (χ1n) is 48.7. The molecular weight excluding hydrogens is 1770 g/mol. The van der Waals surface area contributed by atoms with E-state index in [1.807, 2.05) is 62.3 Å². The lowest BCUT2D eigenvalue weighted by Gasteiger charge is -2.26. The summed E-state index contributed by atoms with van der Waals surface area (Å²) in [5.74, 6) is 0. The lowest BCUT2D eigenvalue weighted by molar-refractivity contribution is 0.285. The summed E-state index contributed by atoms with van der Waals surface area (Å²) >= 11 is 36.0. The molecule has 0 saturated heterocycles. The summed E-state index contributed by atoms with van der Waals surface area (Å²) in [7, 11) is 4.18. The minimum Gasteiger partial charge on any atom is -0.382 e. The Hall–Kier alpha value is -5.18. The van der Waals surface area contributed by atoms with Gasteiger partial charge in [0.05, 0.1) is 39.8 Å². The summed E-state index contributed by atoms with van der Waals surface area (Å²) < 4.78 is 3.32. The van der Waals surface area contributed by atoms with E-state index in [1.165, 1.54) is 38.5 Å². The highest BCUT2D eigenvalue weighted by Gasteiger charge is 2.35. The van der Waals surface area contributed by atoms with Gasteiger partial charge in [-0.2, -0.15) is 0 Å². The normalized spacial score (nSPS) is 12.3. The molecule has 0 atom stereocenters. The molecule has 0 saturated carbocycles. The molecule has 7 aromatic rings. The van der Waals surface area contributed by atoms with Crippen molar-refractivity contribution in [2.45, 2.75) is 311 Å². The third-order valence-electron chi connectivity index (χ3n) is 23.0. The first kappa shape index (κ1) is 124. The van der Waals surface area contributed by atoms with Crippen molar-refractivity contribution in [2.24, 2.45) is 0 Å². The Morgan fingerprint density at radius 2 is 0.336 bits per heavy atom. The molecular formula is C103H178N14O7S7. The second kappa shape index (κ2) is 57.9. The number of hydrogen-bond acceptors (Lipinski definition) is 28. The molecule has 0 radical (unpaired) electrons. The molecule has 0 aliphatic carbocycles. The lowest BCUT2D eigenvalue weighted by atomic mass is 9.82. The first-order valence-corrected chi connectivity index (χ1v) is 51.6. The quantitative estimate of drug-likeness (QED) is 0.0176. The van der Waals surface area contributed by atoms with E-state index in [1.54, 1.807) is 0 Å². The topological polar surface area (TPSA) is 226 Å². The minimum atomic E-state index is -0.131. The second-order valence-corrected chi connectivity index (χ2v) is 44.7. The molecule has 0 aliphatic heterocycles. The monoisotopic (exact) mass is 1950 g/mol. The van der Waals surface area contributed by atoms with Crippen LogP contribution in [0.4, 0.5) is 39.8 Å². The van der Waals surface area contributed by atoms with Gasteiger partial charge in [-0.15, -0.1) is 0 Å². The van der Waals surface area contributed by atoms with Gasteiger partial charge in [-0.1, -0.05) is 314 Å². The Morgan fingerprint density at radius 3 is 0.489 bits per heavy atom.